The fourth-order valence-electron chi connectivity index (χ4n) is 1.62. The van der Waals surface area contributed by atoms with Gasteiger partial charge in [-0.1, -0.05) is 12.1 Å². The molecule has 0 atom stereocenters. The van der Waals surface area contributed by atoms with E-state index in [4.69, 9.17) is 5.11 Å². The zero-order chi connectivity index (χ0) is 13.7. The summed E-state index contributed by atoms with van der Waals surface area (Å²) in [5.74, 6) is -1.64. The van der Waals surface area contributed by atoms with E-state index in [0.29, 0.717) is 5.69 Å². The predicted octanol–water partition coefficient (Wildman–Crippen LogP) is 2.06. The van der Waals surface area contributed by atoms with Gasteiger partial charge < -0.3 is 15.0 Å². The molecule has 1 aromatic carbocycles. The second-order valence-corrected chi connectivity index (χ2v) is 3.77. The van der Waals surface area contributed by atoms with Crippen molar-refractivity contribution in [2.24, 2.45) is 0 Å². The molecule has 0 fully saturated rings. The molecule has 0 aliphatic heterocycles. The number of aromatic nitrogens is 1. The lowest BCUT2D eigenvalue weighted by atomic mass is 10.2. The average Bonchev–Trinajstić information content (AvgIpc) is 2.91. The van der Waals surface area contributed by atoms with E-state index in [0.717, 1.165) is 17.8 Å². The van der Waals surface area contributed by atoms with Crippen molar-refractivity contribution in [1.29, 1.82) is 0 Å². The van der Waals surface area contributed by atoms with Crippen molar-refractivity contribution in [3.05, 3.63) is 60.9 Å². The molecule has 1 amide bonds. The van der Waals surface area contributed by atoms with Crippen molar-refractivity contribution in [2.75, 3.05) is 5.32 Å². The fourth-order valence-corrected chi connectivity index (χ4v) is 1.62. The molecule has 0 saturated heterocycles. The van der Waals surface area contributed by atoms with Gasteiger partial charge >= 0.3 is 5.97 Å². The van der Waals surface area contributed by atoms with Gasteiger partial charge in [0.05, 0.1) is 11.4 Å². The topological polar surface area (TPSA) is 71.3 Å². The minimum absolute atomic E-state index is 0.484. The maximum absolute atomic E-state index is 11.6. The number of carboxylic acid groups (broad SMARTS) is 1. The van der Waals surface area contributed by atoms with Gasteiger partial charge in [-0.25, -0.2) is 4.79 Å². The van der Waals surface area contributed by atoms with Crippen LogP contribution in [0.25, 0.3) is 5.69 Å². The number of aliphatic carboxylic acids is 1. The highest BCUT2D eigenvalue weighted by Gasteiger charge is 2.05. The van der Waals surface area contributed by atoms with Crippen LogP contribution in [0.1, 0.15) is 0 Å². The number of rotatable bonds is 4. The van der Waals surface area contributed by atoms with Gasteiger partial charge in [-0.3, -0.25) is 4.79 Å². The van der Waals surface area contributed by atoms with Gasteiger partial charge in [0.25, 0.3) is 0 Å². The molecule has 0 bridgehead atoms. The molecule has 0 radical (unpaired) electrons. The summed E-state index contributed by atoms with van der Waals surface area (Å²) in [5, 5.41) is 11.1. The van der Waals surface area contributed by atoms with Crippen LogP contribution >= 0.6 is 0 Å². The third-order valence-corrected chi connectivity index (χ3v) is 2.42. The number of carboxylic acids is 1. The first kappa shape index (κ1) is 12.6. The molecule has 2 N–H and O–H groups in total. The van der Waals surface area contributed by atoms with Crippen LogP contribution in [0.4, 0.5) is 5.69 Å². The molecule has 2 rings (SSSR count). The van der Waals surface area contributed by atoms with Crippen LogP contribution in [0.2, 0.25) is 0 Å². The Hall–Kier alpha value is -2.82. The number of hydrogen-bond donors (Lipinski definition) is 2. The van der Waals surface area contributed by atoms with E-state index in [1.807, 2.05) is 41.2 Å². The second-order valence-electron chi connectivity index (χ2n) is 3.77. The Morgan fingerprint density at radius 2 is 1.74 bits per heavy atom. The Labute approximate surface area is 109 Å². The highest BCUT2D eigenvalue weighted by Crippen LogP contribution is 2.19. The maximum Gasteiger partial charge on any atom is 0.328 e. The van der Waals surface area contributed by atoms with Gasteiger partial charge in [0.1, 0.15) is 0 Å². The van der Waals surface area contributed by atoms with Crippen LogP contribution in [-0.2, 0) is 9.59 Å². The van der Waals surface area contributed by atoms with Crippen molar-refractivity contribution < 1.29 is 14.7 Å². The molecule has 1 heterocycles. The van der Waals surface area contributed by atoms with Gasteiger partial charge in [0.2, 0.25) is 5.91 Å². The summed E-state index contributed by atoms with van der Waals surface area (Å²) < 4.78 is 1.86. The van der Waals surface area contributed by atoms with E-state index < -0.39 is 11.9 Å². The molecular weight excluding hydrogens is 244 g/mol. The number of hydrogen-bond acceptors (Lipinski definition) is 2. The van der Waals surface area contributed by atoms with Crippen molar-refractivity contribution in [2.45, 2.75) is 0 Å². The van der Waals surface area contributed by atoms with E-state index in [-0.39, 0.29) is 0 Å². The number of carbonyl (C=O) groups is 2. The molecule has 19 heavy (non-hydrogen) atoms. The largest absolute Gasteiger partial charge is 0.478 e. The number of anilines is 1. The van der Waals surface area contributed by atoms with Gasteiger partial charge in [0.15, 0.2) is 0 Å². The summed E-state index contributed by atoms with van der Waals surface area (Å²) in [5.41, 5.74) is 1.42. The molecule has 1 aromatic heterocycles. The molecule has 5 heteroatoms. The van der Waals surface area contributed by atoms with Gasteiger partial charge in [0, 0.05) is 24.5 Å². The third kappa shape index (κ3) is 3.32. The van der Waals surface area contributed by atoms with Crippen molar-refractivity contribution in [1.82, 2.24) is 4.57 Å². The van der Waals surface area contributed by atoms with E-state index in [2.05, 4.69) is 5.32 Å². The lowest BCUT2D eigenvalue weighted by molar-refractivity contribution is -0.131. The minimum Gasteiger partial charge on any atom is -0.478 e. The molecule has 5 nitrogen and oxygen atoms in total. The van der Waals surface area contributed by atoms with Crippen molar-refractivity contribution in [3.63, 3.8) is 0 Å². The summed E-state index contributed by atoms with van der Waals surface area (Å²) in [6.45, 7) is 0. The average molecular weight is 256 g/mol. The smallest absolute Gasteiger partial charge is 0.328 e. The Balaban J connectivity index is 2.22. The standard InChI is InChI=1S/C14H12N2O3/c17-13(7-8-14(18)19)15-11-5-1-2-6-12(11)16-9-3-4-10-16/h1-10H,(H,15,17)(H,18,19)/b8-7+. The summed E-state index contributed by atoms with van der Waals surface area (Å²) in [6.07, 6.45) is 5.50. The monoisotopic (exact) mass is 256 g/mol. The van der Waals surface area contributed by atoms with Crippen LogP contribution in [0.15, 0.2) is 60.9 Å². The normalized spacial score (nSPS) is 10.5. The Bertz CT molecular complexity index is 615. The lowest BCUT2D eigenvalue weighted by Gasteiger charge is -2.10. The van der Waals surface area contributed by atoms with Crippen LogP contribution in [-0.4, -0.2) is 21.6 Å². The Morgan fingerprint density at radius 3 is 2.42 bits per heavy atom. The van der Waals surface area contributed by atoms with Crippen LogP contribution in [0.3, 0.4) is 0 Å². The van der Waals surface area contributed by atoms with Crippen LogP contribution in [0, 0.1) is 0 Å². The SMILES string of the molecule is O=C(O)/C=C/C(=O)Nc1ccccc1-n1cccc1. The second kappa shape index (κ2) is 5.68. The van der Waals surface area contributed by atoms with E-state index >= 15 is 0 Å². The van der Waals surface area contributed by atoms with E-state index in [1.54, 1.807) is 12.1 Å². The highest BCUT2D eigenvalue weighted by molar-refractivity contribution is 6.03. The summed E-state index contributed by atoms with van der Waals surface area (Å²) >= 11 is 0. The molecule has 0 aliphatic rings. The molecule has 0 unspecified atom stereocenters. The first-order chi connectivity index (χ1) is 9.16. The first-order valence-electron chi connectivity index (χ1n) is 5.61. The van der Waals surface area contributed by atoms with Crippen LogP contribution < -0.4 is 5.32 Å². The van der Waals surface area contributed by atoms with E-state index in [1.165, 1.54) is 0 Å². The van der Waals surface area contributed by atoms with E-state index in [9.17, 15) is 9.59 Å². The maximum atomic E-state index is 11.6. The van der Waals surface area contributed by atoms with Crippen molar-refractivity contribution in [3.8, 4) is 5.69 Å². The molecule has 96 valence electrons. The molecule has 2 aromatic rings. The Morgan fingerprint density at radius 1 is 1.05 bits per heavy atom. The number of nitrogens with one attached hydrogen (secondary N) is 1. The number of nitrogens with zero attached hydrogens (tertiary/aromatic N) is 1. The Kier molecular flexibility index (Phi) is 3.78. The minimum atomic E-state index is -1.16. The lowest BCUT2D eigenvalue weighted by Crippen LogP contribution is -2.10. The zero-order valence-electron chi connectivity index (χ0n) is 9.98. The van der Waals surface area contributed by atoms with Gasteiger partial charge in [-0.15, -0.1) is 0 Å². The highest BCUT2D eigenvalue weighted by atomic mass is 16.4. The summed E-state index contributed by atoms with van der Waals surface area (Å²) in [4.78, 5) is 21.9. The molecule has 0 spiro atoms. The number of benzene rings is 1. The summed E-state index contributed by atoms with van der Waals surface area (Å²) in [7, 11) is 0. The number of para-hydroxylation sites is 2. The zero-order valence-corrected chi connectivity index (χ0v) is 9.98. The number of amides is 1. The van der Waals surface area contributed by atoms with Gasteiger partial charge in [-0.05, 0) is 24.3 Å². The fraction of sp³-hybridized carbons (Fsp3) is 0. The molecular formula is C14H12N2O3. The third-order valence-electron chi connectivity index (χ3n) is 2.42. The first-order valence-corrected chi connectivity index (χ1v) is 5.61. The van der Waals surface area contributed by atoms with Gasteiger partial charge in [-0.2, -0.15) is 0 Å². The van der Waals surface area contributed by atoms with Crippen molar-refractivity contribution >= 4 is 17.6 Å². The van der Waals surface area contributed by atoms with Crippen LogP contribution in [0.5, 0.6) is 0 Å². The summed E-state index contributed by atoms with van der Waals surface area (Å²) in [6, 6.07) is 11.0. The predicted molar refractivity (Wildman–Crippen MR) is 71.2 cm³/mol. The quantitative estimate of drug-likeness (QED) is 0.822. The number of carbonyl (C=O) groups excluding carboxylic acids is 1. The molecule has 0 saturated carbocycles. The molecule has 0 aliphatic carbocycles.